The van der Waals surface area contributed by atoms with E-state index in [-0.39, 0.29) is 5.75 Å². The van der Waals surface area contributed by atoms with Crippen molar-refractivity contribution >= 4 is 26.8 Å². The van der Waals surface area contributed by atoms with Gasteiger partial charge in [-0.05, 0) is 19.9 Å². The van der Waals surface area contributed by atoms with Crippen LogP contribution in [0.2, 0.25) is 0 Å². The lowest BCUT2D eigenvalue weighted by Crippen LogP contribution is -2.20. The van der Waals surface area contributed by atoms with Gasteiger partial charge >= 0.3 is 0 Å². The number of hydrogen-bond acceptors (Lipinski definition) is 4. The molecule has 2 N–H and O–H groups in total. The van der Waals surface area contributed by atoms with Crippen LogP contribution in [0.25, 0.3) is 16.8 Å². The third kappa shape index (κ3) is 2.69. The summed E-state index contributed by atoms with van der Waals surface area (Å²) in [5.41, 5.74) is 4.03. The van der Waals surface area contributed by atoms with Crippen LogP contribution in [0.4, 0.5) is 0 Å². The number of H-pyrrole nitrogens is 1. The molecule has 1 aliphatic carbocycles. The highest BCUT2D eigenvalue weighted by Gasteiger charge is 2.21. The van der Waals surface area contributed by atoms with Crippen LogP contribution >= 0.6 is 0 Å². The highest BCUT2D eigenvalue weighted by molar-refractivity contribution is 7.88. The fourth-order valence-electron chi connectivity index (χ4n) is 3.60. The summed E-state index contributed by atoms with van der Waals surface area (Å²) in [4.78, 5) is 12.2. The minimum atomic E-state index is -3.35. The average molecular weight is 347 g/mol. The predicted octanol–water partition coefficient (Wildman–Crippen LogP) is 2.31. The molecule has 1 aliphatic rings. The molecule has 0 saturated heterocycles. The van der Waals surface area contributed by atoms with Crippen LogP contribution in [0.5, 0.6) is 0 Å². The van der Waals surface area contributed by atoms with E-state index < -0.39 is 10.0 Å². The zero-order valence-corrected chi connectivity index (χ0v) is 14.4. The first-order valence-corrected chi connectivity index (χ1v) is 9.98. The van der Waals surface area contributed by atoms with Crippen molar-refractivity contribution < 1.29 is 8.42 Å². The van der Waals surface area contributed by atoms with Crippen molar-refractivity contribution in [3.05, 3.63) is 29.8 Å². The van der Waals surface area contributed by atoms with Crippen molar-refractivity contribution in [2.75, 3.05) is 7.05 Å². The number of aromatic amines is 1. The summed E-state index contributed by atoms with van der Waals surface area (Å²) in [6, 6.07) is 0. The van der Waals surface area contributed by atoms with Crippen LogP contribution in [0, 0.1) is 0 Å². The molecule has 0 amide bonds. The molecule has 4 rings (SSSR count). The zero-order chi connectivity index (χ0) is 16.7. The SMILES string of the molecule is CNS(=O)(=O)Cc1c[nH]c2ncc3nc(C4CCCCC4)cn3c12. The number of fused-ring (bicyclic) bond motifs is 3. The van der Waals surface area contributed by atoms with Crippen molar-refractivity contribution in [1.82, 2.24) is 24.1 Å². The zero-order valence-electron chi connectivity index (χ0n) is 13.6. The lowest BCUT2D eigenvalue weighted by Gasteiger charge is -2.19. The van der Waals surface area contributed by atoms with Crippen LogP contribution in [-0.2, 0) is 15.8 Å². The topological polar surface area (TPSA) is 92.1 Å². The maximum Gasteiger partial charge on any atom is 0.215 e. The fourth-order valence-corrected chi connectivity index (χ4v) is 4.37. The van der Waals surface area contributed by atoms with Gasteiger partial charge in [-0.3, -0.25) is 4.40 Å². The first-order valence-electron chi connectivity index (χ1n) is 8.32. The maximum absolute atomic E-state index is 11.9. The first kappa shape index (κ1) is 15.6. The number of hydrogen-bond donors (Lipinski definition) is 2. The Morgan fingerprint density at radius 1 is 1.33 bits per heavy atom. The Labute approximate surface area is 140 Å². The lowest BCUT2D eigenvalue weighted by atomic mass is 9.87. The molecule has 8 heteroatoms. The van der Waals surface area contributed by atoms with Gasteiger partial charge in [-0.2, -0.15) is 0 Å². The first-order chi connectivity index (χ1) is 11.6. The van der Waals surface area contributed by atoms with Gasteiger partial charge in [0, 0.05) is 23.9 Å². The number of rotatable bonds is 4. The van der Waals surface area contributed by atoms with Crippen LogP contribution in [0.15, 0.2) is 18.6 Å². The molecule has 0 radical (unpaired) electrons. The predicted molar refractivity (Wildman–Crippen MR) is 92.4 cm³/mol. The molecule has 3 aromatic heterocycles. The van der Waals surface area contributed by atoms with E-state index in [0.717, 1.165) is 16.9 Å². The van der Waals surface area contributed by atoms with Crippen molar-refractivity contribution in [3.8, 4) is 0 Å². The molecule has 3 heterocycles. The van der Waals surface area contributed by atoms with Gasteiger partial charge in [0.05, 0.1) is 23.2 Å². The van der Waals surface area contributed by atoms with Crippen LogP contribution in [-0.4, -0.2) is 34.8 Å². The third-order valence-electron chi connectivity index (χ3n) is 4.89. The Morgan fingerprint density at radius 2 is 2.12 bits per heavy atom. The molecule has 0 aromatic carbocycles. The van der Waals surface area contributed by atoms with E-state index in [0.29, 0.717) is 17.1 Å². The number of sulfonamides is 1. The molecule has 0 aliphatic heterocycles. The molecule has 1 fully saturated rings. The van der Waals surface area contributed by atoms with Gasteiger partial charge in [0.25, 0.3) is 0 Å². The van der Waals surface area contributed by atoms with E-state index >= 15 is 0 Å². The Hall–Kier alpha value is -1.93. The summed E-state index contributed by atoms with van der Waals surface area (Å²) in [5.74, 6) is 0.415. The standard InChI is InChI=1S/C16H21N5O2S/c1-17-24(22,23)10-12-7-18-16-15(12)21-9-13(20-14(21)8-19-16)11-5-3-2-4-6-11/h7-9,11,17-18H,2-6,10H2,1H3. The van der Waals surface area contributed by atoms with Gasteiger partial charge in [0.15, 0.2) is 11.3 Å². The smallest absolute Gasteiger partial charge is 0.215 e. The Bertz CT molecular complexity index is 983. The maximum atomic E-state index is 11.9. The molecule has 24 heavy (non-hydrogen) atoms. The summed E-state index contributed by atoms with van der Waals surface area (Å²) in [6.07, 6.45) is 11.7. The number of nitrogens with zero attached hydrogens (tertiary/aromatic N) is 3. The highest BCUT2D eigenvalue weighted by Crippen LogP contribution is 2.32. The summed E-state index contributed by atoms with van der Waals surface area (Å²) >= 11 is 0. The molecule has 7 nitrogen and oxygen atoms in total. The molecule has 1 saturated carbocycles. The largest absolute Gasteiger partial charge is 0.345 e. The van der Waals surface area contributed by atoms with E-state index in [9.17, 15) is 8.42 Å². The van der Waals surface area contributed by atoms with E-state index in [1.807, 2.05) is 4.40 Å². The second-order valence-corrected chi connectivity index (χ2v) is 8.39. The summed E-state index contributed by atoms with van der Waals surface area (Å²) in [6.45, 7) is 0. The second kappa shape index (κ2) is 5.86. The summed E-state index contributed by atoms with van der Waals surface area (Å²) < 4.78 is 28.2. The quantitative estimate of drug-likeness (QED) is 0.757. The average Bonchev–Trinajstić information content (AvgIpc) is 3.19. The van der Waals surface area contributed by atoms with E-state index in [2.05, 4.69) is 20.9 Å². The van der Waals surface area contributed by atoms with Gasteiger partial charge in [-0.25, -0.2) is 23.1 Å². The number of nitrogens with one attached hydrogen (secondary N) is 2. The van der Waals surface area contributed by atoms with Gasteiger partial charge in [0.1, 0.15) is 0 Å². The third-order valence-corrected chi connectivity index (χ3v) is 6.21. The molecule has 0 spiro atoms. The molecular formula is C16H21N5O2S. The minimum Gasteiger partial charge on any atom is -0.345 e. The normalized spacial score (nSPS) is 17.0. The van der Waals surface area contributed by atoms with Crippen molar-refractivity contribution in [1.29, 1.82) is 0 Å². The fraction of sp³-hybridized carbons (Fsp3) is 0.500. The Kier molecular flexibility index (Phi) is 3.80. The molecule has 128 valence electrons. The monoisotopic (exact) mass is 347 g/mol. The summed E-state index contributed by atoms with van der Waals surface area (Å²) in [5, 5.41) is 0. The second-order valence-electron chi connectivity index (χ2n) is 6.46. The van der Waals surface area contributed by atoms with Crippen molar-refractivity contribution in [2.24, 2.45) is 0 Å². The molecule has 0 atom stereocenters. The Balaban J connectivity index is 1.83. The van der Waals surface area contributed by atoms with Crippen molar-refractivity contribution in [3.63, 3.8) is 0 Å². The van der Waals surface area contributed by atoms with Crippen LogP contribution in [0.1, 0.15) is 49.3 Å². The summed E-state index contributed by atoms with van der Waals surface area (Å²) in [7, 11) is -1.92. The molecule has 3 aromatic rings. The minimum absolute atomic E-state index is 0.0821. The number of imidazole rings is 1. The lowest BCUT2D eigenvalue weighted by molar-refractivity contribution is 0.438. The van der Waals surface area contributed by atoms with E-state index in [1.54, 1.807) is 12.4 Å². The molecular weight excluding hydrogens is 326 g/mol. The van der Waals surface area contributed by atoms with Crippen LogP contribution in [0.3, 0.4) is 0 Å². The van der Waals surface area contributed by atoms with E-state index in [1.165, 1.54) is 39.2 Å². The van der Waals surface area contributed by atoms with Gasteiger partial charge < -0.3 is 4.98 Å². The van der Waals surface area contributed by atoms with Gasteiger partial charge in [-0.15, -0.1) is 0 Å². The van der Waals surface area contributed by atoms with Gasteiger partial charge in [-0.1, -0.05) is 19.3 Å². The van der Waals surface area contributed by atoms with Gasteiger partial charge in [0.2, 0.25) is 10.0 Å². The van der Waals surface area contributed by atoms with Crippen LogP contribution < -0.4 is 4.72 Å². The van der Waals surface area contributed by atoms with Crippen molar-refractivity contribution in [2.45, 2.75) is 43.8 Å². The molecule has 0 bridgehead atoms. The van der Waals surface area contributed by atoms with E-state index in [4.69, 9.17) is 4.98 Å². The highest BCUT2D eigenvalue weighted by atomic mass is 32.2. The number of aromatic nitrogens is 4. The molecule has 0 unspecified atom stereocenters. The Morgan fingerprint density at radius 3 is 2.88 bits per heavy atom.